The molecule has 0 N–H and O–H groups in total. The second-order valence-corrected chi connectivity index (χ2v) is 6.17. The first-order valence-corrected chi connectivity index (χ1v) is 8.26. The fraction of sp³-hybridized carbons (Fsp3) is 0.333. The summed E-state index contributed by atoms with van der Waals surface area (Å²) in [6.45, 7) is 6.45. The van der Waals surface area contributed by atoms with Crippen molar-refractivity contribution in [2.24, 2.45) is 4.99 Å². The maximum Gasteiger partial charge on any atom is 0.417 e. The van der Waals surface area contributed by atoms with Gasteiger partial charge in [0.25, 0.3) is 0 Å². The number of hydrogen-bond acceptors (Lipinski definition) is 3. The Morgan fingerprint density at radius 1 is 1.27 bits per heavy atom. The highest BCUT2D eigenvalue weighted by molar-refractivity contribution is 6.31. The molecule has 26 heavy (non-hydrogen) atoms. The Morgan fingerprint density at radius 3 is 2.58 bits per heavy atom. The lowest BCUT2D eigenvalue weighted by molar-refractivity contribution is -0.137. The number of alkyl halides is 3. The van der Waals surface area contributed by atoms with Crippen molar-refractivity contribution in [3.8, 4) is 11.6 Å². The smallest absolute Gasteiger partial charge is 0.417 e. The van der Waals surface area contributed by atoms with Gasteiger partial charge >= 0.3 is 6.18 Å². The lowest BCUT2D eigenvalue weighted by atomic mass is 10.1. The molecule has 140 valence electrons. The van der Waals surface area contributed by atoms with Gasteiger partial charge in [0.2, 0.25) is 5.88 Å². The number of aliphatic imine (C=N–C) groups is 1. The Balaban J connectivity index is 2.31. The Labute approximate surface area is 155 Å². The molecule has 4 nitrogen and oxygen atoms in total. The fourth-order valence-corrected chi connectivity index (χ4v) is 2.26. The molecule has 0 radical (unpaired) electrons. The second kappa shape index (κ2) is 7.95. The summed E-state index contributed by atoms with van der Waals surface area (Å²) in [4.78, 5) is 10.5. The van der Waals surface area contributed by atoms with Gasteiger partial charge in [-0.25, -0.2) is 9.98 Å². The first kappa shape index (κ1) is 20.0. The summed E-state index contributed by atoms with van der Waals surface area (Å²) in [5, 5.41) is -0.379. The molecule has 0 unspecified atom stereocenters. The molecular formula is C18H19ClF3N3O. The molecule has 2 aromatic rings. The van der Waals surface area contributed by atoms with Crippen molar-refractivity contribution in [2.45, 2.75) is 26.9 Å². The van der Waals surface area contributed by atoms with Gasteiger partial charge in [0, 0.05) is 19.2 Å². The maximum atomic E-state index is 13.0. The van der Waals surface area contributed by atoms with Crippen LogP contribution in [0, 0.1) is 13.8 Å². The quantitative estimate of drug-likeness (QED) is 0.484. The zero-order valence-corrected chi connectivity index (χ0v) is 15.6. The van der Waals surface area contributed by atoms with E-state index in [1.165, 1.54) is 12.3 Å². The standard InChI is InChI=1S/C18H19ClF3N3O/c1-5-25(4)10-24-16-9-23-17(12(3)11(16)2)26-13-6-7-15(19)14(8-13)18(20,21)22/h6-10H,5H2,1-4H3/b24-10+. The van der Waals surface area contributed by atoms with Crippen LogP contribution < -0.4 is 4.74 Å². The number of hydrogen-bond donors (Lipinski definition) is 0. The topological polar surface area (TPSA) is 37.7 Å². The SMILES string of the molecule is CCN(C)/C=N/c1cnc(Oc2ccc(Cl)c(C(F)(F)F)c2)c(C)c1C. The van der Waals surface area contributed by atoms with Gasteiger partial charge < -0.3 is 9.64 Å². The molecule has 0 aliphatic heterocycles. The number of pyridine rings is 1. The van der Waals surface area contributed by atoms with Crippen LogP contribution in [0.3, 0.4) is 0 Å². The molecule has 0 aliphatic carbocycles. The summed E-state index contributed by atoms with van der Waals surface area (Å²) in [5.74, 6) is 0.236. The first-order chi connectivity index (χ1) is 12.1. The van der Waals surface area contributed by atoms with E-state index in [2.05, 4.69) is 9.98 Å². The average Bonchev–Trinajstić information content (AvgIpc) is 2.58. The molecule has 0 atom stereocenters. The molecular weight excluding hydrogens is 367 g/mol. The van der Waals surface area contributed by atoms with Crippen molar-refractivity contribution in [2.75, 3.05) is 13.6 Å². The van der Waals surface area contributed by atoms with E-state index >= 15 is 0 Å². The van der Waals surface area contributed by atoms with Gasteiger partial charge in [0.15, 0.2) is 0 Å². The lowest BCUT2D eigenvalue weighted by Crippen LogP contribution is -2.14. The third-order valence-corrected chi connectivity index (χ3v) is 4.25. The Bertz CT molecular complexity index is 822. The third kappa shape index (κ3) is 4.66. The van der Waals surface area contributed by atoms with E-state index < -0.39 is 11.7 Å². The van der Waals surface area contributed by atoms with Gasteiger partial charge in [0.05, 0.1) is 28.8 Å². The zero-order valence-electron chi connectivity index (χ0n) is 14.9. The zero-order chi connectivity index (χ0) is 19.5. The van der Waals surface area contributed by atoms with E-state index in [1.807, 2.05) is 25.8 Å². The molecule has 0 saturated heterocycles. The Morgan fingerprint density at radius 2 is 1.96 bits per heavy atom. The van der Waals surface area contributed by atoms with Crippen molar-refractivity contribution < 1.29 is 17.9 Å². The molecule has 0 aliphatic rings. The minimum Gasteiger partial charge on any atom is -0.439 e. The molecule has 1 aromatic carbocycles. The normalized spacial score (nSPS) is 11.8. The van der Waals surface area contributed by atoms with Gasteiger partial charge in [-0.15, -0.1) is 0 Å². The highest BCUT2D eigenvalue weighted by atomic mass is 35.5. The number of rotatable bonds is 5. The summed E-state index contributed by atoms with van der Waals surface area (Å²) < 4.78 is 44.5. The van der Waals surface area contributed by atoms with Gasteiger partial charge in [-0.05, 0) is 44.5 Å². The molecule has 1 aromatic heterocycles. The highest BCUT2D eigenvalue weighted by Gasteiger charge is 2.33. The molecule has 0 fully saturated rings. The van der Waals surface area contributed by atoms with Crippen LogP contribution in [0.1, 0.15) is 23.6 Å². The van der Waals surface area contributed by atoms with Crippen LogP contribution in [0.2, 0.25) is 5.02 Å². The first-order valence-electron chi connectivity index (χ1n) is 7.88. The third-order valence-electron chi connectivity index (χ3n) is 3.92. The van der Waals surface area contributed by atoms with Crippen molar-refractivity contribution in [1.82, 2.24) is 9.88 Å². The molecule has 0 saturated carbocycles. The van der Waals surface area contributed by atoms with Crippen LogP contribution in [0.4, 0.5) is 18.9 Å². The van der Waals surface area contributed by atoms with Gasteiger partial charge in [-0.2, -0.15) is 13.2 Å². The highest BCUT2D eigenvalue weighted by Crippen LogP contribution is 2.38. The molecule has 2 rings (SSSR count). The van der Waals surface area contributed by atoms with Crippen molar-refractivity contribution in [1.29, 1.82) is 0 Å². The Hall–Kier alpha value is -2.28. The minimum atomic E-state index is -4.56. The van der Waals surface area contributed by atoms with Crippen molar-refractivity contribution >= 4 is 23.6 Å². The van der Waals surface area contributed by atoms with Gasteiger partial charge in [-0.3, -0.25) is 0 Å². The van der Waals surface area contributed by atoms with Crippen LogP contribution in [0.15, 0.2) is 29.4 Å². The minimum absolute atomic E-state index is 0.0127. The van der Waals surface area contributed by atoms with Crippen molar-refractivity contribution in [3.63, 3.8) is 0 Å². The number of halogens is 4. The summed E-state index contributed by atoms with van der Waals surface area (Å²) in [6, 6.07) is 3.39. The van der Waals surface area contributed by atoms with E-state index in [4.69, 9.17) is 16.3 Å². The van der Waals surface area contributed by atoms with Crippen LogP contribution in [0.25, 0.3) is 0 Å². The summed E-state index contributed by atoms with van der Waals surface area (Å²) in [5.41, 5.74) is 1.25. The summed E-state index contributed by atoms with van der Waals surface area (Å²) >= 11 is 5.62. The summed E-state index contributed by atoms with van der Waals surface area (Å²) in [7, 11) is 1.90. The van der Waals surface area contributed by atoms with E-state index in [-0.39, 0.29) is 16.7 Å². The van der Waals surface area contributed by atoms with E-state index in [1.54, 1.807) is 13.3 Å². The fourth-order valence-electron chi connectivity index (χ4n) is 2.04. The second-order valence-electron chi connectivity index (χ2n) is 5.76. The maximum absolute atomic E-state index is 13.0. The largest absolute Gasteiger partial charge is 0.439 e. The van der Waals surface area contributed by atoms with Gasteiger partial charge in [0.1, 0.15) is 5.75 Å². The predicted molar refractivity (Wildman–Crippen MR) is 96.7 cm³/mol. The Kier molecular flexibility index (Phi) is 6.13. The molecule has 0 bridgehead atoms. The number of ether oxygens (including phenoxy) is 1. The molecule has 1 heterocycles. The average molecular weight is 386 g/mol. The van der Waals surface area contributed by atoms with Crippen molar-refractivity contribution in [3.05, 3.63) is 46.1 Å². The lowest BCUT2D eigenvalue weighted by Gasteiger charge is -2.14. The van der Waals surface area contributed by atoms with Gasteiger partial charge in [-0.1, -0.05) is 11.6 Å². The van der Waals surface area contributed by atoms with E-state index in [9.17, 15) is 13.2 Å². The van der Waals surface area contributed by atoms with E-state index in [0.29, 0.717) is 11.3 Å². The van der Waals surface area contributed by atoms with Crippen LogP contribution >= 0.6 is 11.6 Å². The predicted octanol–water partition coefficient (Wildman–Crippen LogP) is 5.77. The molecule has 0 spiro atoms. The molecule has 0 amide bonds. The molecule has 8 heteroatoms. The van der Waals surface area contributed by atoms with Crippen LogP contribution in [-0.2, 0) is 6.18 Å². The summed E-state index contributed by atoms with van der Waals surface area (Å²) in [6.07, 6.45) is -1.34. The van der Waals surface area contributed by atoms with Crippen LogP contribution in [0.5, 0.6) is 11.6 Å². The number of nitrogens with zero attached hydrogens (tertiary/aromatic N) is 3. The van der Waals surface area contributed by atoms with E-state index in [0.717, 1.165) is 24.2 Å². The monoisotopic (exact) mass is 385 g/mol. The van der Waals surface area contributed by atoms with Crippen LogP contribution in [-0.4, -0.2) is 29.8 Å². The number of benzene rings is 1. The number of aromatic nitrogens is 1.